The summed E-state index contributed by atoms with van der Waals surface area (Å²) in [7, 11) is 0. The second-order valence-electron chi connectivity index (χ2n) is 3.03. The summed E-state index contributed by atoms with van der Waals surface area (Å²) in [5, 5.41) is 2.40. The number of carbonyl (C=O) groups excluding carboxylic acids is 1. The van der Waals surface area contributed by atoms with Crippen molar-refractivity contribution in [2.75, 3.05) is 5.32 Å². The van der Waals surface area contributed by atoms with E-state index in [0.717, 1.165) is 5.56 Å². The van der Waals surface area contributed by atoms with Crippen LogP contribution in [0.3, 0.4) is 0 Å². The maximum Gasteiger partial charge on any atom is 0.242 e. The van der Waals surface area contributed by atoms with Gasteiger partial charge in [0.25, 0.3) is 0 Å². The molecule has 0 aliphatic carbocycles. The molecule has 0 fully saturated rings. The van der Waals surface area contributed by atoms with Crippen LogP contribution in [0.4, 0.5) is 5.69 Å². The molecule has 1 amide bonds. The molecular formula is C9H9Cl3N2O. The molecule has 1 unspecified atom stereocenters. The number of aryl methyl sites for hydroxylation is 1. The zero-order valence-corrected chi connectivity index (χ0v) is 10.4. The van der Waals surface area contributed by atoms with Crippen LogP contribution in [0.2, 0.25) is 10.3 Å². The van der Waals surface area contributed by atoms with Crippen LogP contribution in [0, 0.1) is 6.92 Å². The summed E-state index contributed by atoms with van der Waals surface area (Å²) in [6.07, 6.45) is 0. The maximum absolute atomic E-state index is 11.3. The largest absolute Gasteiger partial charge is 0.322 e. The van der Waals surface area contributed by atoms with Crippen molar-refractivity contribution in [2.24, 2.45) is 0 Å². The Morgan fingerprint density at radius 1 is 1.53 bits per heavy atom. The number of anilines is 1. The van der Waals surface area contributed by atoms with Crippen molar-refractivity contribution < 1.29 is 4.79 Å². The highest BCUT2D eigenvalue weighted by atomic mass is 35.5. The van der Waals surface area contributed by atoms with Gasteiger partial charge in [0, 0.05) is 0 Å². The van der Waals surface area contributed by atoms with E-state index in [9.17, 15) is 4.79 Å². The molecule has 6 heteroatoms. The van der Waals surface area contributed by atoms with Gasteiger partial charge in [0.05, 0.1) is 5.69 Å². The Morgan fingerprint density at radius 3 is 2.60 bits per heavy atom. The molecule has 1 rings (SSSR count). The minimum absolute atomic E-state index is 0.158. The standard InChI is InChI=1S/C9H9Cl3N2O/c1-4-3-6(11)13-8(12)7(4)14-9(15)5(2)10/h3,5H,1-2H3,(H,14,15). The summed E-state index contributed by atoms with van der Waals surface area (Å²) in [4.78, 5) is 15.2. The van der Waals surface area contributed by atoms with E-state index >= 15 is 0 Å². The van der Waals surface area contributed by atoms with Gasteiger partial charge in [-0.3, -0.25) is 4.79 Å². The first-order valence-electron chi connectivity index (χ1n) is 4.19. The van der Waals surface area contributed by atoms with Gasteiger partial charge < -0.3 is 5.32 Å². The lowest BCUT2D eigenvalue weighted by Gasteiger charge is -2.10. The highest BCUT2D eigenvalue weighted by molar-refractivity contribution is 6.36. The van der Waals surface area contributed by atoms with Crippen molar-refractivity contribution in [3.63, 3.8) is 0 Å². The Balaban J connectivity index is 3.00. The highest BCUT2D eigenvalue weighted by Crippen LogP contribution is 2.26. The number of alkyl halides is 1. The molecule has 0 saturated carbocycles. The van der Waals surface area contributed by atoms with Crippen LogP contribution in [0.5, 0.6) is 0 Å². The minimum atomic E-state index is -0.629. The fourth-order valence-corrected chi connectivity index (χ4v) is 1.60. The molecule has 1 aromatic heterocycles. The molecule has 0 spiro atoms. The van der Waals surface area contributed by atoms with Crippen molar-refractivity contribution in [1.82, 2.24) is 4.98 Å². The molecule has 1 aromatic rings. The zero-order chi connectivity index (χ0) is 11.6. The first-order chi connectivity index (χ1) is 6.91. The number of halogens is 3. The van der Waals surface area contributed by atoms with Gasteiger partial charge in [0.1, 0.15) is 10.5 Å². The number of hydrogen-bond donors (Lipinski definition) is 1. The summed E-state index contributed by atoms with van der Waals surface area (Å²) in [5.41, 5.74) is 1.18. The van der Waals surface area contributed by atoms with E-state index in [2.05, 4.69) is 10.3 Å². The summed E-state index contributed by atoms with van der Waals surface area (Å²) in [6, 6.07) is 1.61. The molecule has 3 nitrogen and oxygen atoms in total. The van der Waals surface area contributed by atoms with E-state index < -0.39 is 5.38 Å². The van der Waals surface area contributed by atoms with Crippen molar-refractivity contribution in [1.29, 1.82) is 0 Å². The van der Waals surface area contributed by atoms with Crippen molar-refractivity contribution in [2.45, 2.75) is 19.2 Å². The predicted octanol–water partition coefficient (Wildman–Crippen LogP) is 3.26. The Morgan fingerprint density at radius 2 is 2.13 bits per heavy atom. The average Bonchev–Trinajstić information content (AvgIpc) is 2.10. The van der Waals surface area contributed by atoms with Crippen molar-refractivity contribution in [3.8, 4) is 0 Å². The number of pyridine rings is 1. The van der Waals surface area contributed by atoms with E-state index in [1.165, 1.54) is 0 Å². The van der Waals surface area contributed by atoms with Gasteiger partial charge >= 0.3 is 0 Å². The average molecular weight is 268 g/mol. The molecule has 0 aliphatic rings. The van der Waals surface area contributed by atoms with Gasteiger partial charge in [-0.2, -0.15) is 0 Å². The summed E-state index contributed by atoms with van der Waals surface area (Å²) < 4.78 is 0. The van der Waals surface area contributed by atoms with Crippen LogP contribution in [0.15, 0.2) is 6.07 Å². The smallest absolute Gasteiger partial charge is 0.242 e. The lowest BCUT2D eigenvalue weighted by atomic mass is 10.2. The molecule has 1 heterocycles. The normalized spacial score (nSPS) is 12.3. The molecule has 0 bridgehead atoms. The molecular weight excluding hydrogens is 258 g/mol. The van der Waals surface area contributed by atoms with Crippen molar-refractivity contribution in [3.05, 3.63) is 21.9 Å². The highest BCUT2D eigenvalue weighted by Gasteiger charge is 2.14. The van der Waals surface area contributed by atoms with Crippen LogP contribution < -0.4 is 5.32 Å². The number of hydrogen-bond acceptors (Lipinski definition) is 2. The fraction of sp³-hybridized carbons (Fsp3) is 0.333. The first kappa shape index (κ1) is 12.6. The summed E-state index contributed by atoms with van der Waals surface area (Å²) >= 11 is 17.1. The quantitative estimate of drug-likeness (QED) is 0.660. The third-order valence-electron chi connectivity index (χ3n) is 1.75. The van der Waals surface area contributed by atoms with E-state index in [4.69, 9.17) is 34.8 Å². The van der Waals surface area contributed by atoms with Gasteiger partial charge in [-0.15, -0.1) is 11.6 Å². The SMILES string of the molecule is Cc1cc(Cl)nc(Cl)c1NC(=O)C(C)Cl. The molecule has 82 valence electrons. The first-order valence-corrected chi connectivity index (χ1v) is 5.38. The van der Waals surface area contributed by atoms with Crippen LogP contribution >= 0.6 is 34.8 Å². The second kappa shape index (κ2) is 5.01. The number of carbonyl (C=O) groups is 1. The van der Waals surface area contributed by atoms with Gasteiger partial charge in [0.2, 0.25) is 5.91 Å². The third-order valence-corrected chi connectivity index (χ3v) is 2.42. The Labute approximate surface area is 103 Å². The monoisotopic (exact) mass is 266 g/mol. The van der Waals surface area contributed by atoms with E-state index in [-0.39, 0.29) is 16.2 Å². The third kappa shape index (κ3) is 3.23. The maximum atomic E-state index is 11.3. The lowest BCUT2D eigenvalue weighted by Crippen LogP contribution is -2.21. The topological polar surface area (TPSA) is 42.0 Å². The van der Waals surface area contributed by atoms with E-state index in [0.29, 0.717) is 5.69 Å². The fourth-order valence-electron chi connectivity index (χ4n) is 0.968. The number of nitrogens with one attached hydrogen (secondary N) is 1. The second-order valence-corrected chi connectivity index (χ2v) is 4.43. The van der Waals surface area contributed by atoms with E-state index in [1.54, 1.807) is 19.9 Å². The van der Waals surface area contributed by atoms with Crippen LogP contribution in [0.25, 0.3) is 0 Å². The molecule has 1 atom stereocenters. The van der Waals surface area contributed by atoms with Gasteiger partial charge in [0.15, 0.2) is 5.15 Å². The molecule has 0 saturated heterocycles. The van der Waals surface area contributed by atoms with Crippen LogP contribution in [0.1, 0.15) is 12.5 Å². The predicted molar refractivity (Wildman–Crippen MR) is 62.9 cm³/mol. The van der Waals surface area contributed by atoms with Crippen LogP contribution in [-0.2, 0) is 4.79 Å². The Bertz CT molecular complexity index is 370. The summed E-state index contributed by atoms with van der Waals surface area (Å²) in [5.74, 6) is -0.328. The van der Waals surface area contributed by atoms with Gasteiger partial charge in [-0.25, -0.2) is 4.98 Å². The van der Waals surface area contributed by atoms with E-state index in [1.807, 2.05) is 0 Å². The van der Waals surface area contributed by atoms with Crippen molar-refractivity contribution >= 4 is 46.4 Å². The van der Waals surface area contributed by atoms with Crippen LogP contribution in [-0.4, -0.2) is 16.3 Å². The molecule has 0 aromatic carbocycles. The van der Waals surface area contributed by atoms with Gasteiger partial charge in [-0.05, 0) is 25.5 Å². The molecule has 1 N–H and O–H groups in total. The Hall–Kier alpha value is -0.510. The number of aromatic nitrogens is 1. The number of amides is 1. The number of nitrogens with zero attached hydrogens (tertiary/aromatic N) is 1. The number of rotatable bonds is 2. The summed E-state index contributed by atoms with van der Waals surface area (Å²) in [6.45, 7) is 3.34. The molecule has 0 aliphatic heterocycles. The lowest BCUT2D eigenvalue weighted by molar-refractivity contribution is -0.115. The Kier molecular flexibility index (Phi) is 4.20. The minimum Gasteiger partial charge on any atom is -0.322 e. The molecule has 0 radical (unpaired) electrons. The molecule has 15 heavy (non-hydrogen) atoms. The zero-order valence-electron chi connectivity index (χ0n) is 8.14. The van der Waals surface area contributed by atoms with Gasteiger partial charge in [-0.1, -0.05) is 23.2 Å².